The van der Waals surface area contributed by atoms with E-state index in [1.807, 2.05) is 6.92 Å². The first-order valence-electron chi connectivity index (χ1n) is 7.89. The van der Waals surface area contributed by atoms with Crippen LogP contribution >= 0.6 is 0 Å². The number of imidazole rings is 1. The van der Waals surface area contributed by atoms with E-state index in [4.69, 9.17) is 0 Å². The SMILES string of the molecule is CCNc1nc(N2CCC(C(C)C)CC2)c2[nH]cnc2n1. The molecule has 3 rings (SSSR count). The van der Waals surface area contributed by atoms with Crippen LogP contribution in [0.2, 0.25) is 0 Å². The zero-order chi connectivity index (χ0) is 14.8. The van der Waals surface area contributed by atoms with E-state index in [0.717, 1.165) is 48.5 Å². The summed E-state index contributed by atoms with van der Waals surface area (Å²) >= 11 is 0. The minimum absolute atomic E-state index is 0.665. The molecule has 0 aliphatic carbocycles. The van der Waals surface area contributed by atoms with Crippen molar-refractivity contribution in [1.29, 1.82) is 0 Å². The average molecular weight is 288 g/mol. The zero-order valence-electron chi connectivity index (χ0n) is 13.1. The number of fused-ring (bicyclic) bond motifs is 1. The summed E-state index contributed by atoms with van der Waals surface area (Å²) in [6.45, 7) is 9.61. The van der Waals surface area contributed by atoms with Gasteiger partial charge in [0.15, 0.2) is 11.5 Å². The van der Waals surface area contributed by atoms with Crippen molar-refractivity contribution in [2.24, 2.45) is 11.8 Å². The molecular weight excluding hydrogens is 264 g/mol. The third kappa shape index (κ3) is 2.80. The first-order chi connectivity index (χ1) is 10.2. The van der Waals surface area contributed by atoms with Gasteiger partial charge in [-0.2, -0.15) is 9.97 Å². The van der Waals surface area contributed by atoms with Gasteiger partial charge in [-0.25, -0.2) is 4.98 Å². The highest BCUT2D eigenvalue weighted by molar-refractivity contribution is 5.84. The number of H-pyrrole nitrogens is 1. The molecule has 0 amide bonds. The largest absolute Gasteiger partial charge is 0.355 e. The number of nitrogens with zero attached hydrogens (tertiary/aromatic N) is 4. The van der Waals surface area contributed by atoms with E-state index in [1.165, 1.54) is 12.8 Å². The van der Waals surface area contributed by atoms with E-state index < -0.39 is 0 Å². The van der Waals surface area contributed by atoms with E-state index in [2.05, 4.69) is 44.0 Å². The van der Waals surface area contributed by atoms with Gasteiger partial charge < -0.3 is 15.2 Å². The van der Waals surface area contributed by atoms with E-state index >= 15 is 0 Å². The van der Waals surface area contributed by atoms with Gasteiger partial charge in [-0.3, -0.25) is 0 Å². The van der Waals surface area contributed by atoms with Crippen LogP contribution in [0.5, 0.6) is 0 Å². The molecule has 1 fully saturated rings. The molecule has 0 aromatic carbocycles. The molecule has 114 valence electrons. The number of hydrogen-bond acceptors (Lipinski definition) is 5. The van der Waals surface area contributed by atoms with E-state index in [-0.39, 0.29) is 0 Å². The molecule has 0 saturated carbocycles. The van der Waals surface area contributed by atoms with E-state index in [1.54, 1.807) is 6.33 Å². The lowest BCUT2D eigenvalue weighted by molar-refractivity contribution is 0.311. The minimum Gasteiger partial charge on any atom is -0.355 e. The second kappa shape index (κ2) is 5.87. The van der Waals surface area contributed by atoms with Gasteiger partial charge >= 0.3 is 0 Å². The normalized spacial score (nSPS) is 16.9. The number of piperidine rings is 1. The summed E-state index contributed by atoms with van der Waals surface area (Å²) in [6, 6.07) is 0. The monoisotopic (exact) mass is 288 g/mol. The summed E-state index contributed by atoms with van der Waals surface area (Å²) < 4.78 is 0. The van der Waals surface area contributed by atoms with Gasteiger partial charge in [0.25, 0.3) is 0 Å². The van der Waals surface area contributed by atoms with Crippen molar-refractivity contribution in [2.75, 3.05) is 29.9 Å². The van der Waals surface area contributed by atoms with Gasteiger partial charge in [-0.05, 0) is 31.6 Å². The van der Waals surface area contributed by atoms with Gasteiger partial charge in [0.2, 0.25) is 5.95 Å². The molecule has 1 aliphatic rings. The number of aromatic amines is 1. The predicted octanol–water partition coefficient (Wildman–Crippen LogP) is 2.66. The summed E-state index contributed by atoms with van der Waals surface area (Å²) in [5.41, 5.74) is 1.68. The second-order valence-electron chi connectivity index (χ2n) is 6.07. The number of aromatic nitrogens is 4. The molecular formula is C15H24N6. The van der Waals surface area contributed by atoms with Crippen molar-refractivity contribution >= 4 is 22.9 Å². The Kier molecular flexibility index (Phi) is 3.94. The standard InChI is InChI=1S/C15H24N6/c1-4-16-15-19-13-12(17-9-18-13)14(20-15)21-7-5-11(6-8-21)10(2)3/h9-11H,4-8H2,1-3H3,(H2,16,17,18,19,20). The number of hydrogen-bond donors (Lipinski definition) is 2. The lowest BCUT2D eigenvalue weighted by atomic mass is 9.87. The fraction of sp³-hybridized carbons (Fsp3) is 0.667. The van der Waals surface area contributed by atoms with Gasteiger partial charge in [-0.15, -0.1) is 0 Å². The third-order valence-electron chi connectivity index (χ3n) is 4.38. The van der Waals surface area contributed by atoms with E-state index in [0.29, 0.717) is 5.95 Å². The van der Waals surface area contributed by atoms with Gasteiger partial charge in [0.1, 0.15) is 5.52 Å². The molecule has 0 bridgehead atoms. The van der Waals surface area contributed by atoms with Crippen LogP contribution in [0, 0.1) is 11.8 Å². The maximum absolute atomic E-state index is 4.69. The highest BCUT2D eigenvalue weighted by Crippen LogP contribution is 2.30. The number of anilines is 2. The van der Waals surface area contributed by atoms with Crippen LogP contribution in [0.3, 0.4) is 0 Å². The molecule has 0 atom stereocenters. The fourth-order valence-electron chi connectivity index (χ4n) is 3.06. The van der Waals surface area contributed by atoms with Crippen LogP contribution in [-0.2, 0) is 0 Å². The molecule has 0 unspecified atom stereocenters. The Balaban J connectivity index is 1.87. The summed E-state index contributed by atoms with van der Waals surface area (Å²) in [6.07, 6.45) is 4.15. The number of nitrogens with one attached hydrogen (secondary N) is 2. The molecule has 2 aromatic heterocycles. The van der Waals surface area contributed by atoms with Gasteiger partial charge in [-0.1, -0.05) is 13.8 Å². The smallest absolute Gasteiger partial charge is 0.226 e. The second-order valence-corrected chi connectivity index (χ2v) is 6.07. The third-order valence-corrected chi connectivity index (χ3v) is 4.38. The Hall–Kier alpha value is -1.85. The molecule has 0 radical (unpaired) electrons. The quantitative estimate of drug-likeness (QED) is 0.905. The van der Waals surface area contributed by atoms with Crippen molar-refractivity contribution in [1.82, 2.24) is 19.9 Å². The highest BCUT2D eigenvalue weighted by Gasteiger charge is 2.24. The van der Waals surface area contributed by atoms with Gasteiger partial charge in [0.05, 0.1) is 6.33 Å². The van der Waals surface area contributed by atoms with Crippen LogP contribution < -0.4 is 10.2 Å². The van der Waals surface area contributed by atoms with Crippen molar-refractivity contribution in [3.63, 3.8) is 0 Å². The van der Waals surface area contributed by atoms with Crippen LogP contribution in [-0.4, -0.2) is 39.6 Å². The molecule has 6 heteroatoms. The maximum atomic E-state index is 4.69. The lowest BCUT2D eigenvalue weighted by Gasteiger charge is -2.34. The Labute approximate surface area is 125 Å². The number of rotatable bonds is 4. The van der Waals surface area contributed by atoms with E-state index in [9.17, 15) is 0 Å². The molecule has 21 heavy (non-hydrogen) atoms. The molecule has 0 spiro atoms. The lowest BCUT2D eigenvalue weighted by Crippen LogP contribution is -2.36. The summed E-state index contributed by atoms with van der Waals surface area (Å²) in [5.74, 6) is 3.24. The summed E-state index contributed by atoms with van der Waals surface area (Å²) in [4.78, 5) is 19.0. The van der Waals surface area contributed by atoms with Crippen LogP contribution in [0.4, 0.5) is 11.8 Å². The Bertz CT molecular complexity index is 597. The molecule has 1 aliphatic heterocycles. The van der Waals surface area contributed by atoms with Crippen molar-refractivity contribution in [3.8, 4) is 0 Å². The first-order valence-corrected chi connectivity index (χ1v) is 7.89. The summed E-state index contributed by atoms with van der Waals surface area (Å²) in [5, 5.41) is 3.19. The molecule has 6 nitrogen and oxygen atoms in total. The first kappa shape index (κ1) is 14.1. The average Bonchev–Trinajstić information content (AvgIpc) is 2.95. The van der Waals surface area contributed by atoms with Crippen molar-refractivity contribution < 1.29 is 0 Å². The van der Waals surface area contributed by atoms with Crippen LogP contribution in [0.1, 0.15) is 33.6 Å². The topological polar surface area (TPSA) is 69.7 Å². The molecule has 2 aromatic rings. The summed E-state index contributed by atoms with van der Waals surface area (Å²) in [7, 11) is 0. The fourth-order valence-corrected chi connectivity index (χ4v) is 3.06. The Morgan fingerprint density at radius 2 is 2.10 bits per heavy atom. The van der Waals surface area contributed by atoms with Gasteiger partial charge in [0, 0.05) is 19.6 Å². The molecule has 1 saturated heterocycles. The Morgan fingerprint density at radius 3 is 2.76 bits per heavy atom. The molecule has 2 N–H and O–H groups in total. The highest BCUT2D eigenvalue weighted by atomic mass is 15.3. The van der Waals surface area contributed by atoms with Crippen LogP contribution in [0.25, 0.3) is 11.2 Å². The van der Waals surface area contributed by atoms with Crippen LogP contribution in [0.15, 0.2) is 6.33 Å². The predicted molar refractivity (Wildman–Crippen MR) is 85.6 cm³/mol. The zero-order valence-corrected chi connectivity index (χ0v) is 13.1. The Morgan fingerprint density at radius 1 is 1.33 bits per heavy atom. The van der Waals surface area contributed by atoms with Crippen molar-refractivity contribution in [2.45, 2.75) is 33.6 Å². The molecule has 3 heterocycles. The van der Waals surface area contributed by atoms with Crippen molar-refractivity contribution in [3.05, 3.63) is 6.33 Å². The maximum Gasteiger partial charge on any atom is 0.226 e. The minimum atomic E-state index is 0.665.